The summed E-state index contributed by atoms with van der Waals surface area (Å²) in [7, 11) is 0. The largest absolute Gasteiger partial charge is 0 e. The molecule has 0 spiro atoms. The molecule has 2 aliphatic carbocycles. The molecule has 0 aromatic rings. The van der Waals surface area contributed by atoms with Crippen LogP contribution >= 0.6 is 0 Å². The number of rotatable bonds is 0. The van der Waals surface area contributed by atoms with Gasteiger partial charge in [0.05, 0.1) is 24.3 Å². The molecule has 2 atom stereocenters. The molecule has 124 valence electrons. The fourth-order valence-electron chi connectivity index (χ4n) is 3.04. The summed E-state index contributed by atoms with van der Waals surface area (Å²) in [6.07, 6.45) is 8.35. The summed E-state index contributed by atoms with van der Waals surface area (Å²) in [5.41, 5.74) is -3.11. The maximum absolute atomic E-state index is 9.42. The summed E-state index contributed by atoms with van der Waals surface area (Å²) in [6.45, 7) is 13.5. The first-order valence-electron chi connectivity index (χ1n) is 6.30. The number of nitrogens with zero attached hydrogens (tertiary/aromatic N) is 4. The molecule has 0 amide bonds. The molecule has 1 fully saturated rings. The molecular formula is C17H10FeN4O3. The Hall–Kier alpha value is -2.82. The number of nitriles is 4. The van der Waals surface area contributed by atoms with Crippen LogP contribution in [0.4, 0.5) is 0 Å². The minimum atomic E-state index is -1.57. The van der Waals surface area contributed by atoms with Gasteiger partial charge in [-0.25, -0.2) is 0 Å². The molecule has 2 aliphatic rings. The van der Waals surface area contributed by atoms with Gasteiger partial charge in [0, 0.05) is 23.0 Å². The fraction of sp³-hybridized carbons (Fsp3) is 0.353. The molecule has 0 aromatic carbocycles. The molecule has 0 heterocycles. The Morgan fingerprint density at radius 2 is 1.24 bits per heavy atom. The monoisotopic (exact) mass is 374 g/mol. The summed E-state index contributed by atoms with van der Waals surface area (Å²) in [5, 5.41) is 37.7. The Morgan fingerprint density at radius 3 is 1.64 bits per heavy atom. The van der Waals surface area contributed by atoms with E-state index in [-0.39, 0.29) is 28.9 Å². The van der Waals surface area contributed by atoms with Crippen molar-refractivity contribution in [3.8, 4) is 24.3 Å². The Kier molecular flexibility index (Phi) is 14.7. The van der Waals surface area contributed by atoms with Crippen LogP contribution in [0.15, 0.2) is 24.3 Å². The van der Waals surface area contributed by atoms with Crippen LogP contribution in [0.25, 0.3) is 0 Å². The van der Waals surface area contributed by atoms with E-state index in [1.807, 2.05) is 36.4 Å². The van der Waals surface area contributed by atoms with Crippen molar-refractivity contribution in [3.05, 3.63) is 44.3 Å². The van der Waals surface area contributed by atoms with Crippen LogP contribution in [0.2, 0.25) is 0 Å². The Balaban J connectivity index is -0.000000626. The maximum atomic E-state index is 9.42. The van der Waals surface area contributed by atoms with Gasteiger partial charge >= 0.3 is 33.9 Å². The number of fused-ring (bicyclic) bond motifs is 2. The second-order valence-corrected chi connectivity index (χ2v) is 4.65. The number of hydrogen-bond donors (Lipinski definition) is 0. The van der Waals surface area contributed by atoms with Gasteiger partial charge in [0.2, 0.25) is 0 Å². The van der Waals surface area contributed by atoms with Gasteiger partial charge in [-0.2, -0.15) is 21.0 Å². The van der Waals surface area contributed by atoms with Gasteiger partial charge in [0.1, 0.15) is 0 Å². The molecule has 0 aliphatic heterocycles. The Labute approximate surface area is 156 Å². The van der Waals surface area contributed by atoms with Crippen molar-refractivity contribution in [2.24, 2.45) is 22.7 Å². The van der Waals surface area contributed by atoms with Crippen molar-refractivity contribution in [1.29, 1.82) is 21.0 Å². The molecule has 7 nitrogen and oxygen atoms in total. The molecule has 2 unspecified atom stereocenters. The molecular weight excluding hydrogens is 364 g/mol. The maximum Gasteiger partial charge on any atom is 0 e. The second-order valence-electron chi connectivity index (χ2n) is 4.65. The van der Waals surface area contributed by atoms with Crippen molar-refractivity contribution >= 4 is 0 Å². The van der Waals surface area contributed by atoms with E-state index in [0.29, 0.717) is 12.8 Å². The quantitative estimate of drug-likeness (QED) is 0.361. The second kappa shape index (κ2) is 13.6. The van der Waals surface area contributed by atoms with Crippen LogP contribution < -0.4 is 0 Å². The third-order valence-corrected chi connectivity index (χ3v) is 4.05. The third kappa shape index (κ3) is 4.38. The number of allylic oxidation sites excluding steroid dienone is 4. The van der Waals surface area contributed by atoms with Gasteiger partial charge in [-0.1, -0.05) is 24.3 Å². The first-order valence-corrected chi connectivity index (χ1v) is 6.30. The van der Waals surface area contributed by atoms with Gasteiger partial charge in [0.15, 0.2) is 10.8 Å². The zero-order valence-electron chi connectivity index (χ0n) is 12.7. The summed E-state index contributed by atoms with van der Waals surface area (Å²) in [5.74, 6) is -0.625. The zero-order chi connectivity index (χ0) is 19.2. The van der Waals surface area contributed by atoms with E-state index in [1.54, 1.807) is 12.2 Å². The SMILES string of the molecule is N#CC1(C#N)C2/C=C\C=C/CC(C2)C1(C#N)C#N.[C-]#[O+].[C-]#[O+].[C-]#[O+].[Fe]. The molecule has 0 saturated heterocycles. The normalized spacial score (nSPS) is 24.4. The topological polar surface area (TPSA) is 155 Å². The molecule has 2 bridgehead atoms. The summed E-state index contributed by atoms with van der Waals surface area (Å²) >= 11 is 0. The Morgan fingerprint density at radius 1 is 0.800 bits per heavy atom. The van der Waals surface area contributed by atoms with E-state index in [4.69, 9.17) is 14.0 Å². The zero-order valence-corrected chi connectivity index (χ0v) is 13.8. The molecule has 2 rings (SSSR count). The van der Waals surface area contributed by atoms with E-state index < -0.39 is 10.8 Å². The Bertz CT molecular complexity index is 680. The third-order valence-electron chi connectivity index (χ3n) is 4.05. The van der Waals surface area contributed by atoms with Gasteiger partial charge in [0.25, 0.3) is 0 Å². The molecule has 0 N–H and O–H groups in total. The molecule has 25 heavy (non-hydrogen) atoms. The standard InChI is InChI=1S/C14H10N4.3CO.Fe/c15-7-13(8-16)11-4-2-1-3-5-12(6-11)14(13,9-17)10-18;3*1-2;/h1-4,11-12H,5-6H2;;;;/b3-1-,4-2-;;;;. The summed E-state index contributed by atoms with van der Waals surface area (Å²) < 4.78 is 22.5. The fourth-order valence-corrected chi connectivity index (χ4v) is 3.04. The van der Waals surface area contributed by atoms with Crippen molar-refractivity contribution in [2.45, 2.75) is 12.8 Å². The van der Waals surface area contributed by atoms with E-state index >= 15 is 0 Å². The van der Waals surface area contributed by atoms with E-state index in [1.165, 1.54) is 0 Å². The van der Waals surface area contributed by atoms with Crippen LogP contribution in [-0.2, 0) is 31.0 Å². The van der Waals surface area contributed by atoms with E-state index in [2.05, 4.69) is 20.0 Å². The van der Waals surface area contributed by atoms with Crippen molar-refractivity contribution in [2.75, 3.05) is 0 Å². The summed E-state index contributed by atoms with van der Waals surface area (Å²) in [4.78, 5) is 0. The molecule has 0 aromatic heterocycles. The van der Waals surface area contributed by atoms with Gasteiger partial charge in [-0.3, -0.25) is 0 Å². The van der Waals surface area contributed by atoms with Gasteiger partial charge in [-0.15, -0.1) is 0 Å². The predicted octanol–water partition coefficient (Wildman–Crippen LogP) is 2.09. The first kappa shape index (κ1) is 27.0. The van der Waals surface area contributed by atoms with Crippen molar-refractivity contribution < 1.29 is 31.0 Å². The van der Waals surface area contributed by atoms with Crippen LogP contribution in [0.5, 0.6) is 0 Å². The van der Waals surface area contributed by atoms with Crippen molar-refractivity contribution in [1.82, 2.24) is 0 Å². The van der Waals surface area contributed by atoms with Crippen LogP contribution in [0.1, 0.15) is 12.8 Å². The van der Waals surface area contributed by atoms with Crippen LogP contribution in [-0.4, -0.2) is 0 Å². The van der Waals surface area contributed by atoms with Gasteiger partial charge in [-0.05, 0) is 18.8 Å². The average molecular weight is 374 g/mol. The van der Waals surface area contributed by atoms with E-state index in [0.717, 1.165) is 0 Å². The van der Waals surface area contributed by atoms with Gasteiger partial charge < -0.3 is 0 Å². The minimum Gasteiger partial charge on any atom is 0 e. The van der Waals surface area contributed by atoms with Crippen LogP contribution in [0.3, 0.4) is 0 Å². The van der Waals surface area contributed by atoms with E-state index in [9.17, 15) is 21.0 Å². The molecule has 8 heteroatoms. The minimum absolute atomic E-state index is 0. The first-order chi connectivity index (χ1) is 11.7. The average Bonchev–Trinajstić information content (AvgIpc) is 2.95. The number of hydrogen-bond acceptors (Lipinski definition) is 4. The summed E-state index contributed by atoms with van der Waals surface area (Å²) in [6, 6.07) is 7.87. The molecule has 0 radical (unpaired) electrons. The smallest absolute Gasteiger partial charge is 0 e. The van der Waals surface area contributed by atoms with Crippen molar-refractivity contribution in [3.63, 3.8) is 0 Å². The predicted molar refractivity (Wildman–Crippen MR) is 73.6 cm³/mol. The van der Waals surface area contributed by atoms with Crippen LogP contribution in [0, 0.1) is 87.9 Å². The molecule has 1 saturated carbocycles.